The molecule has 0 amide bonds. The minimum Gasteiger partial charge on any atom is -0.341 e. The summed E-state index contributed by atoms with van der Waals surface area (Å²) in [6, 6.07) is 0. The highest BCUT2D eigenvalue weighted by Gasteiger charge is 2.22. The largest absolute Gasteiger partial charge is 0.341 e. The van der Waals surface area contributed by atoms with E-state index in [1.165, 1.54) is 18.4 Å². The van der Waals surface area contributed by atoms with Gasteiger partial charge < -0.3 is 10.6 Å². The Bertz CT molecular complexity index is 392. The molecule has 1 aliphatic heterocycles. The van der Waals surface area contributed by atoms with Gasteiger partial charge in [0.2, 0.25) is 5.95 Å². The molecule has 1 fully saturated rings. The van der Waals surface area contributed by atoms with E-state index < -0.39 is 0 Å². The van der Waals surface area contributed by atoms with Crippen molar-refractivity contribution < 1.29 is 0 Å². The van der Waals surface area contributed by atoms with Crippen molar-refractivity contribution in [1.82, 2.24) is 9.97 Å². The molecule has 2 heterocycles. The van der Waals surface area contributed by atoms with Crippen LogP contribution in [0.25, 0.3) is 0 Å². The fraction of sp³-hybridized carbons (Fsp3) is 0.733. The van der Waals surface area contributed by atoms with Crippen LogP contribution in [0.3, 0.4) is 0 Å². The van der Waals surface area contributed by atoms with E-state index >= 15 is 0 Å². The van der Waals surface area contributed by atoms with Gasteiger partial charge in [0, 0.05) is 25.5 Å². The van der Waals surface area contributed by atoms with Crippen molar-refractivity contribution in [3.63, 3.8) is 0 Å². The lowest BCUT2D eigenvalue weighted by atomic mass is 9.89. The molecule has 1 aliphatic rings. The van der Waals surface area contributed by atoms with Crippen molar-refractivity contribution in [1.29, 1.82) is 0 Å². The first-order valence-electron chi connectivity index (χ1n) is 7.28. The highest BCUT2D eigenvalue weighted by molar-refractivity contribution is 5.32. The Morgan fingerprint density at radius 1 is 1.32 bits per heavy atom. The van der Waals surface area contributed by atoms with Crippen molar-refractivity contribution in [3.05, 3.63) is 18.0 Å². The molecule has 106 valence electrons. The van der Waals surface area contributed by atoms with E-state index in [2.05, 4.69) is 35.6 Å². The van der Waals surface area contributed by atoms with Crippen LogP contribution in [0.2, 0.25) is 0 Å². The number of anilines is 1. The third-order valence-electron chi connectivity index (χ3n) is 3.88. The van der Waals surface area contributed by atoms with Crippen LogP contribution >= 0.6 is 0 Å². The average Bonchev–Trinajstić information content (AvgIpc) is 2.39. The number of rotatable bonds is 3. The highest BCUT2D eigenvalue weighted by atomic mass is 15.2. The second kappa shape index (κ2) is 5.87. The molecule has 2 N–H and O–H groups in total. The lowest BCUT2D eigenvalue weighted by Gasteiger charge is -2.32. The van der Waals surface area contributed by atoms with E-state index in [-0.39, 0.29) is 5.41 Å². The first kappa shape index (κ1) is 14.3. The van der Waals surface area contributed by atoms with Gasteiger partial charge in [0.1, 0.15) is 0 Å². The molecule has 0 saturated carbocycles. The highest BCUT2D eigenvalue weighted by Crippen LogP contribution is 2.24. The number of hydrogen-bond donors (Lipinski definition) is 1. The van der Waals surface area contributed by atoms with Crippen LogP contribution in [0.5, 0.6) is 0 Å². The predicted octanol–water partition coefficient (Wildman–Crippen LogP) is 2.34. The minimum atomic E-state index is 0.114. The summed E-state index contributed by atoms with van der Waals surface area (Å²) >= 11 is 0. The molecule has 4 nitrogen and oxygen atoms in total. The van der Waals surface area contributed by atoms with Crippen molar-refractivity contribution in [3.8, 4) is 0 Å². The summed E-state index contributed by atoms with van der Waals surface area (Å²) in [5.41, 5.74) is 6.96. The van der Waals surface area contributed by atoms with Crippen LogP contribution in [0.1, 0.15) is 45.6 Å². The van der Waals surface area contributed by atoms with Crippen LogP contribution < -0.4 is 10.6 Å². The normalized spacial score (nSPS) is 20.6. The molecule has 1 saturated heterocycles. The zero-order valence-corrected chi connectivity index (χ0v) is 12.4. The lowest BCUT2D eigenvalue weighted by molar-refractivity contribution is 0.392. The van der Waals surface area contributed by atoms with Crippen LogP contribution in [0.4, 0.5) is 5.95 Å². The monoisotopic (exact) mass is 262 g/mol. The smallest absolute Gasteiger partial charge is 0.225 e. The van der Waals surface area contributed by atoms with Gasteiger partial charge >= 0.3 is 0 Å². The summed E-state index contributed by atoms with van der Waals surface area (Å²) in [6.07, 6.45) is 7.54. The van der Waals surface area contributed by atoms with Gasteiger partial charge in [-0.05, 0) is 42.7 Å². The topological polar surface area (TPSA) is 55.0 Å². The fourth-order valence-electron chi connectivity index (χ4n) is 2.59. The van der Waals surface area contributed by atoms with E-state index in [4.69, 9.17) is 5.73 Å². The summed E-state index contributed by atoms with van der Waals surface area (Å²) in [7, 11) is 0. The molecule has 1 aromatic rings. The summed E-state index contributed by atoms with van der Waals surface area (Å²) < 4.78 is 0. The van der Waals surface area contributed by atoms with Crippen LogP contribution in [-0.4, -0.2) is 29.6 Å². The van der Waals surface area contributed by atoms with Crippen LogP contribution in [0, 0.1) is 5.92 Å². The second-order valence-corrected chi connectivity index (χ2v) is 6.55. The molecular weight excluding hydrogens is 236 g/mol. The van der Waals surface area contributed by atoms with E-state index in [0.717, 1.165) is 32.0 Å². The summed E-state index contributed by atoms with van der Waals surface area (Å²) in [5.74, 6) is 1.57. The number of piperidine rings is 1. The molecule has 0 radical (unpaired) electrons. The molecule has 0 aromatic carbocycles. The number of aromatic nitrogens is 2. The molecule has 1 aromatic heterocycles. The maximum absolute atomic E-state index is 5.66. The summed E-state index contributed by atoms with van der Waals surface area (Å²) in [4.78, 5) is 11.4. The van der Waals surface area contributed by atoms with Crippen molar-refractivity contribution in [2.75, 3.05) is 24.5 Å². The molecule has 1 atom stereocenters. The van der Waals surface area contributed by atoms with Crippen LogP contribution in [-0.2, 0) is 5.41 Å². The summed E-state index contributed by atoms with van der Waals surface area (Å²) in [5, 5.41) is 0. The molecule has 0 bridgehead atoms. The Morgan fingerprint density at radius 2 is 2.00 bits per heavy atom. The second-order valence-electron chi connectivity index (χ2n) is 6.55. The third kappa shape index (κ3) is 3.66. The number of hydrogen-bond acceptors (Lipinski definition) is 4. The van der Waals surface area contributed by atoms with Gasteiger partial charge in [-0.25, -0.2) is 9.97 Å². The van der Waals surface area contributed by atoms with Crippen molar-refractivity contribution in [2.24, 2.45) is 11.7 Å². The fourth-order valence-corrected chi connectivity index (χ4v) is 2.59. The zero-order valence-electron chi connectivity index (χ0n) is 12.4. The molecule has 0 aliphatic carbocycles. The SMILES string of the molecule is CC(C)(C)c1cnc(N2CCCC(CCN)C2)nc1. The Hall–Kier alpha value is -1.16. The zero-order chi connectivity index (χ0) is 13.9. The molecule has 1 unspecified atom stereocenters. The Balaban J connectivity index is 2.05. The van der Waals surface area contributed by atoms with Crippen molar-refractivity contribution in [2.45, 2.75) is 45.4 Å². The summed E-state index contributed by atoms with van der Waals surface area (Å²) in [6.45, 7) is 9.45. The Labute approximate surface area is 116 Å². The van der Waals surface area contributed by atoms with Crippen LogP contribution in [0.15, 0.2) is 12.4 Å². The van der Waals surface area contributed by atoms with Gasteiger partial charge in [0.25, 0.3) is 0 Å². The molecule has 4 heteroatoms. The van der Waals surface area contributed by atoms with E-state index in [1.54, 1.807) is 0 Å². The van der Waals surface area contributed by atoms with Gasteiger partial charge in [0.05, 0.1) is 0 Å². The quantitative estimate of drug-likeness (QED) is 0.908. The average molecular weight is 262 g/mol. The van der Waals surface area contributed by atoms with E-state index in [1.807, 2.05) is 12.4 Å². The van der Waals surface area contributed by atoms with Gasteiger partial charge in [-0.2, -0.15) is 0 Å². The van der Waals surface area contributed by atoms with Crippen molar-refractivity contribution >= 4 is 5.95 Å². The maximum Gasteiger partial charge on any atom is 0.225 e. The Morgan fingerprint density at radius 3 is 2.58 bits per heavy atom. The Kier molecular flexibility index (Phi) is 4.40. The minimum absolute atomic E-state index is 0.114. The van der Waals surface area contributed by atoms with E-state index in [0.29, 0.717) is 5.92 Å². The molecule has 2 rings (SSSR count). The first-order chi connectivity index (χ1) is 9.00. The molecule has 19 heavy (non-hydrogen) atoms. The predicted molar refractivity (Wildman–Crippen MR) is 79.3 cm³/mol. The van der Waals surface area contributed by atoms with Gasteiger partial charge in [0.15, 0.2) is 0 Å². The van der Waals surface area contributed by atoms with E-state index in [9.17, 15) is 0 Å². The van der Waals surface area contributed by atoms with Gasteiger partial charge in [-0.15, -0.1) is 0 Å². The molecule has 0 spiro atoms. The first-order valence-corrected chi connectivity index (χ1v) is 7.28. The third-order valence-corrected chi connectivity index (χ3v) is 3.88. The number of nitrogens with zero attached hydrogens (tertiary/aromatic N) is 3. The lowest BCUT2D eigenvalue weighted by Crippen LogP contribution is -2.37. The number of nitrogens with two attached hydrogens (primary N) is 1. The standard InChI is InChI=1S/C15H26N4/c1-15(2,3)13-9-17-14(18-10-13)19-8-4-5-12(11-19)6-7-16/h9-10,12H,4-8,11,16H2,1-3H3. The van der Waals surface area contributed by atoms with Gasteiger partial charge in [-0.3, -0.25) is 0 Å². The van der Waals surface area contributed by atoms with Gasteiger partial charge in [-0.1, -0.05) is 20.8 Å². The maximum atomic E-state index is 5.66. The molecular formula is C15H26N4.